The summed E-state index contributed by atoms with van der Waals surface area (Å²) in [5.41, 5.74) is 0.481. The van der Waals surface area contributed by atoms with Gasteiger partial charge in [-0.1, -0.05) is 12.8 Å². The molecule has 0 radical (unpaired) electrons. The van der Waals surface area contributed by atoms with Gasteiger partial charge in [0.15, 0.2) is 0 Å². The second-order valence-electron chi connectivity index (χ2n) is 6.11. The summed E-state index contributed by atoms with van der Waals surface area (Å²) in [6, 6.07) is 0. The number of piperazine rings is 1. The molecule has 0 bridgehead atoms. The average molecular weight is 238 g/mol. The molecule has 1 saturated carbocycles. The minimum atomic E-state index is 0.481. The van der Waals surface area contributed by atoms with E-state index in [9.17, 15) is 0 Å². The standard InChI is InChI=1S/C14H26N2O/c1-2-7-14(6-1)12-16(10-8-15-14)9-5-13-4-3-11-17-13/h13,15H,1-12H2. The van der Waals surface area contributed by atoms with E-state index in [0.717, 1.165) is 6.61 Å². The SMILES string of the molecule is C1COC(CCN2CCNC3(CCCC3)C2)C1. The third-order valence-electron chi connectivity index (χ3n) is 4.81. The van der Waals surface area contributed by atoms with Gasteiger partial charge in [0.05, 0.1) is 6.10 Å². The van der Waals surface area contributed by atoms with Crippen molar-refractivity contribution in [2.45, 2.75) is 56.6 Å². The molecular weight excluding hydrogens is 212 g/mol. The van der Waals surface area contributed by atoms with Crippen LogP contribution >= 0.6 is 0 Å². The number of ether oxygens (including phenoxy) is 1. The molecule has 1 spiro atoms. The van der Waals surface area contributed by atoms with Crippen molar-refractivity contribution >= 4 is 0 Å². The lowest BCUT2D eigenvalue weighted by molar-refractivity contribution is 0.0762. The summed E-state index contributed by atoms with van der Waals surface area (Å²) in [5, 5.41) is 3.78. The molecule has 0 aromatic carbocycles. The van der Waals surface area contributed by atoms with Crippen LogP contribution < -0.4 is 5.32 Å². The summed E-state index contributed by atoms with van der Waals surface area (Å²) in [6.07, 6.45) is 10.00. The van der Waals surface area contributed by atoms with Crippen LogP contribution in [-0.2, 0) is 4.74 Å². The normalized spacial score (nSPS) is 33.5. The Kier molecular flexibility index (Phi) is 3.69. The topological polar surface area (TPSA) is 24.5 Å². The Hall–Kier alpha value is -0.120. The van der Waals surface area contributed by atoms with Crippen LogP contribution in [0.4, 0.5) is 0 Å². The maximum atomic E-state index is 5.72. The van der Waals surface area contributed by atoms with Crippen molar-refractivity contribution in [3.63, 3.8) is 0 Å². The van der Waals surface area contributed by atoms with Crippen molar-refractivity contribution in [3.05, 3.63) is 0 Å². The molecule has 1 N–H and O–H groups in total. The molecule has 2 aliphatic heterocycles. The fourth-order valence-electron chi connectivity index (χ4n) is 3.82. The molecule has 3 rings (SSSR count). The predicted molar refractivity (Wildman–Crippen MR) is 69.2 cm³/mol. The summed E-state index contributed by atoms with van der Waals surface area (Å²) in [7, 11) is 0. The van der Waals surface area contributed by atoms with Crippen LogP contribution in [0.25, 0.3) is 0 Å². The van der Waals surface area contributed by atoms with Gasteiger partial charge >= 0.3 is 0 Å². The highest BCUT2D eigenvalue weighted by molar-refractivity contribution is 4.98. The first kappa shape index (κ1) is 11.9. The lowest BCUT2D eigenvalue weighted by Crippen LogP contribution is -2.59. The summed E-state index contributed by atoms with van der Waals surface area (Å²) in [5.74, 6) is 0. The molecule has 0 aromatic rings. The van der Waals surface area contributed by atoms with Crippen molar-refractivity contribution in [1.29, 1.82) is 0 Å². The second kappa shape index (κ2) is 5.25. The van der Waals surface area contributed by atoms with Crippen LogP contribution in [0.1, 0.15) is 44.9 Å². The Labute approximate surface area is 105 Å². The molecule has 17 heavy (non-hydrogen) atoms. The van der Waals surface area contributed by atoms with Crippen LogP contribution in [0.15, 0.2) is 0 Å². The van der Waals surface area contributed by atoms with E-state index in [4.69, 9.17) is 4.74 Å². The molecule has 0 amide bonds. The highest BCUT2D eigenvalue weighted by Gasteiger charge is 2.37. The highest BCUT2D eigenvalue weighted by atomic mass is 16.5. The van der Waals surface area contributed by atoms with Crippen LogP contribution in [0.2, 0.25) is 0 Å². The monoisotopic (exact) mass is 238 g/mol. The van der Waals surface area contributed by atoms with Crippen molar-refractivity contribution < 1.29 is 4.74 Å². The van der Waals surface area contributed by atoms with Gasteiger partial charge in [-0.3, -0.25) is 0 Å². The van der Waals surface area contributed by atoms with Gasteiger partial charge in [-0.05, 0) is 32.1 Å². The van der Waals surface area contributed by atoms with Gasteiger partial charge in [0, 0.05) is 38.3 Å². The van der Waals surface area contributed by atoms with Gasteiger partial charge in [-0.2, -0.15) is 0 Å². The van der Waals surface area contributed by atoms with E-state index in [0.29, 0.717) is 11.6 Å². The van der Waals surface area contributed by atoms with E-state index in [1.807, 2.05) is 0 Å². The van der Waals surface area contributed by atoms with Crippen LogP contribution in [0, 0.1) is 0 Å². The molecule has 98 valence electrons. The molecule has 3 aliphatic rings. The molecule has 1 unspecified atom stereocenters. The number of hydrogen-bond acceptors (Lipinski definition) is 3. The first-order valence-corrected chi connectivity index (χ1v) is 7.45. The van der Waals surface area contributed by atoms with Gasteiger partial charge < -0.3 is 15.0 Å². The molecule has 3 nitrogen and oxygen atoms in total. The Morgan fingerprint density at radius 1 is 1.24 bits per heavy atom. The second-order valence-corrected chi connectivity index (χ2v) is 6.11. The fourth-order valence-corrected chi connectivity index (χ4v) is 3.82. The lowest BCUT2D eigenvalue weighted by atomic mass is 9.94. The van der Waals surface area contributed by atoms with Gasteiger partial charge in [-0.15, -0.1) is 0 Å². The zero-order valence-electron chi connectivity index (χ0n) is 10.9. The van der Waals surface area contributed by atoms with Crippen molar-refractivity contribution in [2.75, 3.05) is 32.8 Å². The average Bonchev–Trinajstić information content (AvgIpc) is 2.99. The number of nitrogens with one attached hydrogen (secondary N) is 1. The zero-order chi connectivity index (χ0) is 11.6. The van der Waals surface area contributed by atoms with Crippen LogP contribution in [-0.4, -0.2) is 49.3 Å². The van der Waals surface area contributed by atoms with E-state index in [2.05, 4.69) is 10.2 Å². The molecule has 2 heterocycles. The quantitative estimate of drug-likeness (QED) is 0.811. The first-order valence-electron chi connectivity index (χ1n) is 7.45. The summed E-state index contributed by atoms with van der Waals surface area (Å²) < 4.78 is 5.72. The Bertz CT molecular complexity index is 245. The van der Waals surface area contributed by atoms with E-state index in [1.165, 1.54) is 71.1 Å². The molecule has 1 aliphatic carbocycles. The van der Waals surface area contributed by atoms with E-state index in [-0.39, 0.29) is 0 Å². The fraction of sp³-hybridized carbons (Fsp3) is 1.00. The maximum Gasteiger partial charge on any atom is 0.0588 e. The maximum absolute atomic E-state index is 5.72. The van der Waals surface area contributed by atoms with E-state index < -0.39 is 0 Å². The van der Waals surface area contributed by atoms with Gasteiger partial charge in [0.1, 0.15) is 0 Å². The van der Waals surface area contributed by atoms with Crippen LogP contribution in [0.3, 0.4) is 0 Å². The minimum absolute atomic E-state index is 0.481. The smallest absolute Gasteiger partial charge is 0.0588 e. The largest absolute Gasteiger partial charge is 0.378 e. The van der Waals surface area contributed by atoms with Crippen LogP contribution in [0.5, 0.6) is 0 Å². The van der Waals surface area contributed by atoms with Crippen molar-refractivity contribution in [3.8, 4) is 0 Å². The third kappa shape index (κ3) is 2.83. The molecule has 3 fully saturated rings. The predicted octanol–water partition coefficient (Wildman–Crippen LogP) is 1.77. The minimum Gasteiger partial charge on any atom is -0.378 e. The Morgan fingerprint density at radius 2 is 2.12 bits per heavy atom. The van der Waals surface area contributed by atoms with Gasteiger partial charge in [0.25, 0.3) is 0 Å². The number of nitrogens with zero attached hydrogens (tertiary/aromatic N) is 1. The highest BCUT2D eigenvalue weighted by Crippen LogP contribution is 2.32. The summed E-state index contributed by atoms with van der Waals surface area (Å²) in [4.78, 5) is 2.67. The van der Waals surface area contributed by atoms with E-state index >= 15 is 0 Å². The molecular formula is C14H26N2O. The van der Waals surface area contributed by atoms with Crippen molar-refractivity contribution in [1.82, 2.24) is 10.2 Å². The molecule has 2 saturated heterocycles. The van der Waals surface area contributed by atoms with Crippen molar-refractivity contribution in [2.24, 2.45) is 0 Å². The summed E-state index contributed by atoms with van der Waals surface area (Å²) in [6.45, 7) is 5.93. The number of hydrogen-bond donors (Lipinski definition) is 1. The molecule has 0 aromatic heterocycles. The summed E-state index contributed by atoms with van der Waals surface area (Å²) >= 11 is 0. The Morgan fingerprint density at radius 3 is 2.88 bits per heavy atom. The Balaban J connectivity index is 1.46. The number of rotatable bonds is 3. The van der Waals surface area contributed by atoms with Gasteiger partial charge in [-0.25, -0.2) is 0 Å². The first-order chi connectivity index (χ1) is 8.36. The molecule has 3 heteroatoms. The lowest BCUT2D eigenvalue weighted by Gasteiger charge is -2.41. The third-order valence-corrected chi connectivity index (χ3v) is 4.81. The van der Waals surface area contributed by atoms with E-state index in [1.54, 1.807) is 0 Å². The van der Waals surface area contributed by atoms with Gasteiger partial charge in [0.2, 0.25) is 0 Å². The molecule has 1 atom stereocenters. The zero-order valence-corrected chi connectivity index (χ0v) is 10.9.